The summed E-state index contributed by atoms with van der Waals surface area (Å²) in [5.41, 5.74) is 5.60. The van der Waals surface area contributed by atoms with Crippen LogP contribution < -0.4 is 5.73 Å². The highest BCUT2D eigenvalue weighted by molar-refractivity contribution is 7.99. The highest BCUT2D eigenvalue weighted by Crippen LogP contribution is 2.06. The molecule has 0 radical (unpaired) electrons. The lowest BCUT2D eigenvalue weighted by atomic mass is 10.4. The first kappa shape index (κ1) is 16.7. The van der Waals surface area contributed by atoms with Gasteiger partial charge in [-0.05, 0) is 20.8 Å². The summed E-state index contributed by atoms with van der Waals surface area (Å²) < 4.78 is 10.0. The molecule has 0 saturated heterocycles. The number of hydrogen-bond acceptors (Lipinski definition) is 6. The molecule has 0 aromatic rings. The molecule has 0 aromatic carbocycles. The Bertz CT molecular complexity index is 214. The van der Waals surface area contributed by atoms with Gasteiger partial charge in [0.2, 0.25) is 0 Å². The van der Waals surface area contributed by atoms with Crippen molar-refractivity contribution in [2.45, 2.75) is 39.0 Å². The van der Waals surface area contributed by atoms with E-state index in [1.807, 2.05) is 13.8 Å². The van der Waals surface area contributed by atoms with Crippen molar-refractivity contribution in [3.63, 3.8) is 0 Å². The molecule has 2 atom stereocenters. The smallest absolute Gasteiger partial charge is 0.323 e. The molecule has 0 aliphatic carbocycles. The topological polar surface area (TPSA) is 81.8 Å². The second-order valence-corrected chi connectivity index (χ2v) is 5.01. The number of carbonyl (C=O) groups is 1. The van der Waals surface area contributed by atoms with Gasteiger partial charge in [0.05, 0.1) is 25.4 Å². The molecule has 0 aliphatic rings. The van der Waals surface area contributed by atoms with Gasteiger partial charge in [-0.25, -0.2) is 0 Å². The number of esters is 1. The normalized spacial score (nSPS) is 14.7. The summed E-state index contributed by atoms with van der Waals surface area (Å²) >= 11 is 1.42. The van der Waals surface area contributed by atoms with Crippen LogP contribution in [-0.2, 0) is 14.3 Å². The van der Waals surface area contributed by atoms with Crippen LogP contribution in [0.25, 0.3) is 0 Å². The number of aliphatic hydroxyl groups excluding tert-OH is 1. The van der Waals surface area contributed by atoms with Gasteiger partial charge in [-0.3, -0.25) is 4.79 Å². The Morgan fingerprint density at radius 3 is 2.59 bits per heavy atom. The molecule has 102 valence electrons. The summed E-state index contributed by atoms with van der Waals surface area (Å²) in [5.74, 6) is 0.546. The summed E-state index contributed by atoms with van der Waals surface area (Å²) in [4.78, 5) is 11.2. The summed E-state index contributed by atoms with van der Waals surface area (Å²) in [6.07, 6.45) is -0.423. The van der Waals surface area contributed by atoms with Crippen molar-refractivity contribution in [3.8, 4) is 0 Å². The second-order valence-electron chi connectivity index (χ2n) is 3.93. The Morgan fingerprint density at radius 1 is 1.41 bits per heavy atom. The van der Waals surface area contributed by atoms with E-state index in [2.05, 4.69) is 0 Å². The Morgan fingerprint density at radius 2 is 2.06 bits per heavy atom. The lowest BCUT2D eigenvalue weighted by Crippen LogP contribution is -2.35. The average Bonchev–Trinajstić information content (AvgIpc) is 2.26. The van der Waals surface area contributed by atoms with Gasteiger partial charge in [0, 0.05) is 11.5 Å². The maximum atomic E-state index is 11.2. The zero-order valence-corrected chi connectivity index (χ0v) is 11.5. The lowest BCUT2D eigenvalue weighted by molar-refractivity contribution is -0.144. The minimum absolute atomic E-state index is 0.108. The zero-order chi connectivity index (χ0) is 13.3. The van der Waals surface area contributed by atoms with Gasteiger partial charge in [0.15, 0.2) is 0 Å². The third-order valence-electron chi connectivity index (χ3n) is 1.82. The van der Waals surface area contributed by atoms with Crippen LogP contribution in [0, 0.1) is 0 Å². The fraction of sp³-hybridized carbons (Fsp3) is 0.909. The summed E-state index contributed by atoms with van der Waals surface area (Å²) in [6, 6.07) is -0.627. The van der Waals surface area contributed by atoms with Gasteiger partial charge in [-0.15, -0.1) is 0 Å². The molecule has 0 aromatic heterocycles. The number of thioether (sulfide) groups is 1. The molecular weight excluding hydrogens is 242 g/mol. The molecule has 0 rings (SSSR count). The van der Waals surface area contributed by atoms with Crippen molar-refractivity contribution in [1.82, 2.24) is 0 Å². The molecule has 3 N–H and O–H groups in total. The Balaban J connectivity index is 3.58. The number of hydrogen-bond donors (Lipinski definition) is 2. The van der Waals surface area contributed by atoms with Crippen molar-refractivity contribution in [2.24, 2.45) is 5.73 Å². The van der Waals surface area contributed by atoms with Crippen LogP contribution in [0.4, 0.5) is 0 Å². The number of nitrogens with two attached hydrogens (primary N) is 1. The van der Waals surface area contributed by atoms with Crippen molar-refractivity contribution >= 4 is 17.7 Å². The van der Waals surface area contributed by atoms with E-state index in [4.69, 9.17) is 15.2 Å². The fourth-order valence-corrected chi connectivity index (χ4v) is 1.89. The fourth-order valence-electron chi connectivity index (χ4n) is 1.00. The van der Waals surface area contributed by atoms with Crippen LogP contribution in [0.1, 0.15) is 20.8 Å². The predicted molar refractivity (Wildman–Crippen MR) is 69.0 cm³/mol. The highest BCUT2D eigenvalue weighted by atomic mass is 32.2. The molecule has 0 aliphatic heterocycles. The van der Waals surface area contributed by atoms with E-state index in [-0.39, 0.29) is 6.10 Å². The molecular formula is C11H23NO4S. The van der Waals surface area contributed by atoms with Crippen LogP contribution in [-0.4, -0.2) is 54.0 Å². The standard InChI is InChI=1S/C11H23NO4S/c1-4-15-11(14)10(12)7-17-6-9(13)5-16-8(2)3/h8-10,13H,4-7,12H2,1-3H3. The van der Waals surface area contributed by atoms with Gasteiger partial charge in [-0.1, -0.05) is 0 Å². The first-order valence-corrected chi connectivity index (χ1v) is 6.92. The van der Waals surface area contributed by atoms with E-state index in [0.29, 0.717) is 24.7 Å². The van der Waals surface area contributed by atoms with Crippen LogP contribution in [0.15, 0.2) is 0 Å². The minimum atomic E-state index is -0.627. The quantitative estimate of drug-likeness (QED) is 0.587. The van der Waals surface area contributed by atoms with Gasteiger partial charge in [0.25, 0.3) is 0 Å². The molecule has 0 fully saturated rings. The van der Waals surface area contributed by atoms with E-state index in [0.717, 1.165) is 0 Å². The summed E-state index contributed by atoms with van der Waals surface area (Å²) in [5, 5.41) is 9.55. The van der Waals surface area contributed by atoms with Crippen molar-refractivity contribution in [3.05, 3.63) is 0 Å². The molecule has 2 unspecified atom stereocenters. The van der Waals surface area contributed by atoms with Crippen molar-refractivity contribution in [2.75, 3.05) is 24.7 Å². The summed E-state index contributed by atoms with van der Waals surface area (Å²) in [6.45, 7) is 6.21. The van der Waals surface area contributed by atoms with Crippen molar-refractivity contribution < 1.29 is 19.4 Å². The maximum Gasteiger partial charge on any atom is 0.323 e. The highest BCUT2D eigenvalue weighted by Gasteiger charge is 2.15. The largest absolute Gasteiger partial charge is 0.465 e. The van der Waals surface area contributed by atoms with Gasteiger partial charge in [0.1, 0.15) is 6.04 Å². The van der Waals surface area contributed by atoms with Crippen LogP contribution in [0.2, 0.25) is 0 Å². The molecule has 6 heteroatoms. The van der Waals surface area contributed by atoms with Crippen LogP contribution >= 0.6 is 11.8 Å². The minimum Gasteiger partial charge on any atom is -0.465 e. The lowest BCUT2D eigenvalue weighted by Gasteiger charge is -2.14. The number of carbonyl (C=O) groups excluding carboxylic acids is 1. The predicted octanol–water partition coefficient (Wildman–Crippen LogP) is 0.396. The SMILES string of the molecule is CCOC(=O)C(N)CSCC(O)COC(C)C. The monoisotopic (exact) mass is 265 g/mol. The van der Waals surface area contributed by atoms with Gasteiger partial charge < -0.3 is 20.3 Å². The second kappa shape index (κ2) is 9.70. The Kier molecular flexibility index (Phi) is 9.53. The number of rotatable bonds is 9. The summed E-state index contributed by atoms with van der Waals surface area (Å²) in [7, 11) is 0. The van der Waals surface area contributed by atoms with Crippen LogP contribution in [0.3, 0.4) is 0 Å². The third kappa shape index (κ3) is 9.41. The van der Waals surface area contributed by atoms with Crippen molar-refractivity contribution in [1.29, 1.82) is 0 Å². The van der Waals surface area contributed by atoms with E-state index in [9.17, 15) is 9.90 Å². The van der Waals surface area contributed by atoms with Crippen LogP contribution in [0.5, 0.6) is 0 Å². The van der Waals surface area contributed by atoms with E-state index in [1.165, 1.54) is 11.8 Å². The average molecular weight is 265 g/mol. The zero-order valence-electron chi connectivity index (χ0n) is 10.7. The van der Waals surface area contributed by atoms with Gasteiger partial charge >= 0.3 is 5.97 Å². The Hall–Kier alpha value is -0.300. The molecule has 0 heterocycles. The molecule has 17 heavy (non-hydrogen) atoms. The number of ether oxygens (including phenoxy) is 2. The van der Waals surface area contributed by atoms with E-state index >= 15 is 0 Å². The molecule has 5 nitrogen and oxygen atoms in total. The maximum absolute atomic E-state index is 11.2. The molecule has 0 amide bonds. The van der Waals surface area contributed by atoms with E-state index in [1.54, 1.807) is 6.92 Å². The Labute approximate surface area is 107 Å². The first-order chi connectivity index (χ1) is 7.97. The molecule has 0 spiro atoms. The molecule has 0 bridgehead atoms. The first-order valence-electron chi connectivity index (χ1n) is 5.77. The number of aliphatic hydroxyl groups is 1. The van der Waals surface area contributed by atoms with Gasteiger partial charge in [-0.2, -0.15) is 11.8 Å². The third-order valence-corrected chi connectivity index (χ3v) is 3.03. The van der Waals surface area contributed by atoms with E-state index < -0.39 is 18.1 Å². The molecule has 0 saturated carbocycles.